The van der Waals surface area contributed by atoms with Crippen molar-refractivity contribution in [3.05, 3.63) is 0 Å². The average molecular weight is 165 g/mol. The first kappa shape index (κ1) is 10.1. The molecule has 0 aromatic carbocycles. The van der Waals surface area contributed by atoms with Gasteiger partial charge in [0, 0.05) is 6.54 Å². The van der Waals surface area contributed by atoms with E-state index >= 15 is 0 Å². The van der Waals surface area contributed by atoms with Crippen LogP contribution in [0.4, 0.5) is 0 Å². The van der Waals surface area contributed by atoms with Gasteiger partial charge in [0.05, 0.1) is 0 Å². The summed E-state index contributed by atoms with van der Waals surface area (Å²) in [4.78, 5) is 0. The molecule has 4 nitrogen and oxygen atoms in total. The van der Waals surface area contributed by atoms with E-state index in [9.17, 15) is 4.57 Å². The molecule has 5 heteroatoms. The van der Waals surface area contributed by atoms with E-state index in [4.69, 9.17) is 11.0 Å². The van der Waals surface area contributed by atoms with E-state index in [1.165, 1.54) is 0 Å². The van der Waals surface area contributed by atoms with Gasteiger partial charge in [-0.2, -0.15) is 0 Å². The second kappa shape index (κ2) is 4.85. The van der Waals surface area contributed by atoms with Gasteiger partial charge in [0.2, 0.25) is 0 Å². The van der Waals surface area contributed by atoms with Crippen molar-refractivity contribution < 1.29 is 4.57 Å². The largest absolute Gasteiger partial charge is 0.273 e. The molecule has 10 heavy (non-hydrogen) atoms. The molecule has 0 aliphatic heterocycles. The van der Waals surface area contributed by atoms with Crippen molar-refractivity contribution in [2.45, 2.75) is 26.2 Å². The topological polar surface area (TPSA) is 81.1 Å². The fraction of sp³-hybridized carbons (Fsp3) is 1.00. The van der Waals surface area contributed by atoms with Crippen molar-refractivity contribution >= 4 is 7.59 Å². The quantitative estimate of drug-likeness (QED) is 0.415. The Bertz CT molecular complexity index is 122. The van der Waals surface area contributed by atoms with Gasteiger partial charge in [-0.15, -0.1) is 0 Å². The molecule has 0 aromatic heterocycles. The number of hydrogen-bond acceptors (Lipinski definition) is 1. The molecule has 0 fully saturated rings. The molecule has 0 aromatic rings. The maximum Gasteiger partial charge on any atom is 0.273 e. The maximum atomic E-state index is 10.6. The zero-order valence-corrected chi connectivity index (χ0v) is 7.23. The Morgan fingerprint density at radius 2 is 2.00 bits per heavy atom. The summed E-state index contributed by atoms with van der Waals surface area (Å²) in [6.45, 7) is 2.75. The van der Waals surface area contributed by atoms with Crippen LogP contribution in [0.2, 0.25) is 0 Å². The number of hydrogen-bond donors (Lipinski definition) is 3. The van der Waals surface area contributed by atoms with Crippen molar-refractivity contribution in [3.63, 3.8) is 0 Å². The highest BCUT2D eigenvalue weighted by Crippen LogP contribution is 2.16. The predicted molar refractivity (Wildman–Crippen MR) is 43.5 cm³/mol. The Morgan fingerprint density at radius 3 is 2.40 bits per heavy atom. The van der Waals surface area contributed by atoms with Crippen molar-refractivity contribution in [2.75, 3.05) is 6.54 Å². The van der Waals surface area contributed by atoms with Gasteiger partial charge >= 0.3 is 0 Å². The van der Waals surface area contributed by atoms with Crippen LogP contribution in [0.1, 0.15) is 26.2 Å². The van der Waals surface area contributed by atoms with Crippen LogP contribution in [0, 0.1) is 0 Å². The van der Waals surface area contributed by atoms with Crippen molar-refractivity contribution in [1.82, 2.24) is 5.09 Å². The lowest BCUT2D eigenvalue weighted by atomic mass is 10.3. The number of nitrogens with one attached hydrogen (secondary N) is 1. The lowest BCUT2D eigenvalue weighted by molar-refractivity contribution is 0.562. The van der Waals surface area contributed by atoms with Crippen LogP contribution in [-0.4, -0.2) is 6.54 Å². The predicted octanol–water partition coefficient (Wildman–Crippen LogP) is 0.792. The third-order valence-electron chi connectivity index (χ3n) is 1.14. The lowest BCUT2D eigenvalue weighted by Gasteiger charge is -2.06. The fourth-order valence-electron chi connectivity index (χ4n) is 0.629. The zero-order chi connectivity index (χ0) is 8.04. The van der Waals surface area contributed by atoms with Crippen LogP contribution in [0.25, 0.3) is 0 Å². The van der Waals surface area contributed by atoms with Gasteiger partial charge in [-0.1, -0.05) is 19.8 Å². The first-order chi connectivity index (χ1) is 4.56. The summed E-state index contributed by atoms with van der Waals surface area (Å²) in [6.07, 6.45) is 3.24. The Labute approximate surface area is 61.9 Å². The van der Waals surface area contributed by atoms with Crippen molar-refractivity contribution in [2.24, 2.45) is 11.0 Å². The monoisotopic (exact) mass is 165 g/mol. The summed E-state index contributed by atoms with van der Waals surface area (Å²) < 4.78 is 10.6. The molecule has 0 aliphatic rings. The number of unbranched alkanes of at least 4 members (excludes halogenated alkanes) is 2. The van der Waals surface area contributed by atoms with Gasteiger partial charge < -0.3 is 0 Å². The smallest absolute Gasteiger partial charge is 0.271 e. The summed E-state index contributed by atoms with van der Waals surface area (Å²) in [7, 11) is -2.96. The highest BCUT2D eigenvalue weighted by Gasteiger charge is 2.03. The molecule has 0 saturated heterocycles. The van der Waals surface area contributed by atoms with Crippen LogP contribution >= 0.6 is 7.59 Å². The summed E-state index contributed by atoms with van der Waals surface area (Å²) in [5, 5.41) is 2.57. The molecule has 0 amide bonds. The van der Waals surface area contributed by atoms with Crippen LogP contribution < -0.4 is 16.1 Å². The molecule has 62 valence electrons. The minimum atomic E-state index is -2.96. The van der Waals surface area contributed by atoms with E-state index in [2.05, 4.69) is 12.0 Å². The van der Waals surface area contributed by atoms with Crippen LogP contribution in [-0.2, 0) is 4.57 Å². The number of nitrogens with two attached hydrogens (primary N) is 2. The molecular weight excluding hydrogens is 149 g/mol. The Morgan fingerprint density at radius 1 is 1.40 bits per heavy atom. The molecule has 0 aliphatic carbocycles. The Kier molecular flexibility index (Phi) is 4.91. The molecule has 0 unspecified atom stereocenters. The highest BCUT2D eigenvalue weighted by atomic mass is 31.2. The first-order valence-corrected chi connectivity index (χ1v) is 5.33. The second-order valence-corrected chi connectivity index (χ2v) is 4.06. The van der Waals surface area contributed by atoms with Gasteiger partial charge in [-0.05, 0) is 6.42 Å². The maximum absolute atomic E-state index is 10.6. The first-order valence-electron chi connectivity index (χ1n) is 3.48. The molecular formula is C5H16N3OP. The summed E-state index contributed by atoms with van der Waals surface area (Å²) in [5.74, 6) is 0. The Hall–Kier alpha value is 0.110. The summed E-state index contributed by atoms with van der Waals surface area (Å²) in [5.41, 5.74) is 10.1. The SMILES string of the molecule is CCCCCNP(N)(N)=O. The minimum Gasteiger partial charge on any atom is -0.271 e. The second-order valence-electron chi connectivity index (χ2n) is 2.32. The molecule has 0 rings (SSSR count). The van der Waals surface area contributed by atoms with E-state index in [0.29, 0.717) is 6.54 Å². The van der Waals surface area contributed by atoms with Gasteiger partial charge in [0.15, 0.2) is 0 Å². The third kappa shape index (κ3) is 8.11. The van der Waals surface area contributed by atoms with Crippen LogP contribution in [0.5, 0.6) is 0 Å². The molecule has 0 heterocycles. The Balaban J connectivity index is 3.13. The van der Waals surface area contributed by atoms with Gasteiger partial charge in [-0.3, -0.25) is 15.6 Å². The van der Waals surface area contributed by atoms with E-state index in [1.54, 1.807) is 0 Å². The molecule has 0 atom stereocenters. The molecule has 0 saturated carbocycles. The minimum absolute atomic E-state index is 0.651. The molecule has 5 N–H and O–H groups in total. The lowest BCUT2D eigenvalue weighted by Crippen LogP contribution is -2.22. The van der Waals surface area contributed by atoms with Crippen LogP contribution in [0.3, 0.4) is 0 Å². The van der Waals surface area contributed by atoms with E-state index < -0.39 is 7.59 Å². The summed E-state index contributed by atoms with van der Waals surface area (Å²) >= 11 is 0. The van der Waals surface area contributed by atoms with Gasteiger partial charge in [0.25, 0.3) is 7.59 Å². The molecule has 0 radical (unpaired) electrons. The number of rotatable bonds is 5. The van der Waals surface area contributed by atoms with Gasteiger partial charge in [-0.25, -0.2) is 5.09 Å². The average Bonchev–Trinajstić information content (AvgIpc) is 1.78. The van der Waals surface area contributed by atoms with Crippen molar-refractivity contribution in [3.8, 4) is 0 Å². The fourth-order valence-corrected chi connectivity index (χ4v) is 1.14. The van der Waals surface area contributed by atoms with E-state index in [1.807, 2.05) is 0 Å². The molecule has 0 spiro atoms. The highest BCUT2D eigenvalue weighted by molar-refractivity contribution is 7.56. The van der Waals surface area contributed by atoms with Gasteiger partial charge in [0.1, 0.15) is 0 Å². The van der Waals surface area contributed by atoms with Crippen LogP contribution in [0.15, 0.2) is 0 Å². The van der Waals surface area contributed by atoms with E-state index in [0.717, 1.165) is 19.3 Å². The third-order valence-corrected chi connectivity index (χ3v) is 1.86. The van der Waals surface area contributed by atoms with Crippen molar-refractivity contribution in [1.29, 1.82) is 0 Å². The summed E-state index contributed by atoms with van der Waals surface area (Å²) in [6, 6.07) is 0. The standard InChI is InChI=1S/C5H16N3OP/c1-2-3-4-5-8-10(6,7)9/h2-5H2,1H3,(H5,6,7,8,9). The molecule has 0 bridgehead atoms. The van der Waals surface area contributed by atoms with E-state index in [-0.39, 0.29) is 0 Å². The normalized spacial score (nSPS) is 11.9. The zero-order valence-electron chi connectivity index (χ0n) is 6.34.